The van der Waals surface area contributed by atoms with Crippen LogP contribution < -0.4 is 0 Å². The van der Waals surface area contributed by atoms with Gasteiger partial charge in [-0.15, -0.1) is 0 Å². The van der Waals surface area contributed by atoms with E-state index in [9.17, 15) is 4.79 Å². The van der Waals surface area contributed by atoms with Gasteiger partial charge in [0.15, 0.2) is 0 Å². The molecule has 8 heteroatoms. The first kappa shape index (κ1) is 19.0. The molecule has 0 atom stereocenters. The molecule has 2 fully saturated rings. The van der Waals surface area contributed by atoms with Crippen LogP contribution in [0.25, 0.3) is 11.4 Å². The van der Waals surface area contributed by atoms with E-state index in [1.165, 1.54) is 25.9 Å². The summed E-state index contributed by atoms with van der Waals surface area (Å²) < 4.78 is 5.28. The van der Waals surface area contributed by atoms with E-state index < -0.39 is 0 Å². The summed E-state index contributed by atoms with van der Waals surface area (Å²) in [5.41, 5.74) is 0.814. The number of aryl methyl sites for hydroxylation is 1. The Morgan fingerprint density at radius 1 is 1.04 bits per heavy atom. The maximum absolute atomic E-state index is 12.5. The Balaban J connectivity index is 1.18. The van der Waals surface area contributed by atoms with Crippen LogP contribution in [0.2, 0.25) is 0 Å². The highest BCUT2D eigenvalue weighted by Crippen LogP contribution is 2.15. The van der Waals surface area contributed by atoms with Crippen LogP contribution in [0.1, 0.15) is 25.2 Å². The number of carbonyl (C=O) groups is 1. The molecular formula is C20H28N6O2. The summed E-state index contributed by atoms with van der Waals surface area (Å²) in [6.45, 7) is 8.31. The van der Waals surface area contributed by atoms with Crippen molar-refractivity contribution in [2.75, 3.05) is 52.4 Å². The minimum atomic E-state index is 0.167. The summed E-state index contributed by atoms with van der Waals surface area (Å²) >= 11 is 0. The summed E-state index contributed by atoms with van der Waals surface area (Å²) in [6.07, 6.45) is 6.96. The van der Waals surface area contributed by atoms with Gasteiger partial charge in [-0.2, -0.15) is 4.98 Å². The maximum atomic E-state index is 12.5. The van der Waals surface area contributed by atoms with E-state index in [0.717, 1.165) is 44.8 Å². The van der Waals surface area contributed by atoms with Crippen molar-refractivity contribution in [3.8, 4) is 11.4 Å². The predicted molar refractivity (Wildman–Crippen MR) is 105 cm³/mol. The van der Waals surface area contributed by atoms with Crippen molar-refractivity contribution in [2.45, 2.75) is 25.7 Å². The molecule has 1 amide bonds. The Labute approximate surface area is 165 Å². The van der Waals surface area contributed by atoms with Gasteiger partial charge in [0.1, 0.15) is 0 Å². The van der Waals surface area contributed by atoms with Gasteiger partial charge >= 0.3 is 0 Å². The number of pyridine rings is 1. The van der Waals surface area contributed by atoms with Crippen molar-refractivity contribution in [1.82, 2.24) is 29.8 Å². The number of hydrogen-bond acceptors (Lipinski definition) is 7. The fraction of sp³-hybridized carbons (Fsp3) is 0.600. The summed E-state index contributed by atoms with van der Waals surface area (Å²) in [5, 5.41) is 3.98. The first-order chi connectivity index (χ1) is 13.8. The molecule has 2 aliphatic heterocycles. The Bertz CT molecular complexity index is 751. The van der Waals surface area contributed by atoms with Crippen LogP contribution in [0, 0.1) is 0 Å². The fourth-order valence-electron chi connectivity index (χ4n) is 3.85. The lowest BCUT2D eigenvalue weighted by molar-refractivity contribution is -0.133. The quantitative estimate of drug-likeness (QED) is 0.712. The van der Waals surface area contributed by atoms with E-state index in [4.69, 9.17) is 4.52 Å². The fourth-order valence-corrected chi connectivity index (χ4v) is 3.85. The van der Waals surface area contributed by atoms with Crippen molar-refractivity contribution in [3.63, 3.8) is 0 Å². The number of amides is 1. The van der Waals surface area contributed by atoms with Gasteiger partial charge in [0.2, 0.25) is 17.6 Å². The number of nitrogens with zero attached hydrogens (tertiary/aromatic N) is 6. The minimum absolute atomic E-state index is 0.167. The monoisotopic (exact) mass is 384 g/mol. The smallest absolute Gasteiger partial charge is 0.227 e. The van der Waals surface area contributed by atoms with Crippen molar-refractivity contribution in [1.29, 1.82) is 0 Å². The van der Waals surface area contributed by atoms with E-state index in [-0.39, 0.29) is 5.91 Å². The molecule has 0 bridgehead atoms. The van der Waals surface area contributed by atoms with Crippen molar-refractivity contribution in [2.24, 2.45) is 0 Å². The third-order valence-corrected chi connectivity index (χ3v) is 5.60. The molecule has 2 aromatic heterocycles. The molecule has 0 N–H and O–H groups in total. The third-order valence-electron chi connectivity index (χ3n) is 5.60. The zero-order chi connectivity index (χ0) is 19.2. The van der Waals surface area contributed by atoms with Crippen LogP contribution in [-0.4, -0.2) is 88.1 Å². The molecule has 0 saturated carbocycles. The first-order valence-corrected chi connectivity index (χ1v) is 10.2. The number of carbonyl (C=O) groups excluding carboxylic acids is 1. The van der Waals surface area contributed by atoms with Crippen molar-refractivity contribution in [3.05, 3.63) is 30.4 Å². The zero-order valence-electron chi connectivity index (χ0n) is 16.3. The molecule has 0 unspecified atom stereocenters. The second-order valence-corrected chi connectivity index (χ2v) is 7.52. The van der Waals surface area contributed by atoms with Crippen molar-refractivity contribution < 1.29 is 9.32 Å². The lowest BCUT2D eigenvalue weighted by atomic mass is 10.2. The molecule has 28 heavy (non-hydrogen) atoms. The Kier molecular flexibility index (Phi) is 6.28. The molecule has 0 aromatic carbocycles. The molecule has 150 valence electrons. The first-order valence-electron chi connectivity index (χ1n) is 10.2. The number of aromatic nitrogens is 3. The predicted octanol–water partition coefficient (Wildman–Crippen LogP) is 1.30. The van der Waals surface area contributed by atoms with Gasteiger partial charge in [-0.1, -0.05) is 5.16 Å². The second kappa shape index (κ2) is 9.25. The highest BCUT2D eigenvalue weighted by atomic mass is 16.5. The Morgan fingerprint density at radius 2 is 1.79 bits per heavy atom. The largest absolute Gasteiger partial charge is 0.340 e. The SMILES string of the molecule is O=C(CCc1nc(-c2cccnc2)no1)N1CCN(CCN2CCCC2)CC1. The van der Waals surface area contributed by atoms with Gasteiger partial charge in [0, 0.05) is 70.1 Å². The molecule has 8 nitrogen and oxygen atoms in total. The lowest BCUT2D eigenvalue weighted by Crippen LogP contribution is -2.50. The Hall–Kier alpha value is -2.32. The highest BCUT2D eigenvalue weighted by Gasteiger charge is 2.22. The van der Waals surface area contributed by atoms with Crippen LogP contribution in [0.3, 0.4) is 0 Å². The average molecular weight is 384 g/mol. The molecule has 2 aliphatic rings. The van der Waals surface area contributed by atoms with Gasteiger partial charge in [0.25, 0.3) is 0 Å². The van der Waals surface area contributed by atoms with Gasteiger partial charge in [-0.05, 0) is 38.1 Å². The van der Waals surface area contributed by atoms with E-state index in [1.54, 1.807) is 12.4 Å². The number of rotatable bonds is 7. The summed E-state index contributed by atoms with van der Waals surface area (Å²) in [7, 11) is 0. The summed E-state index contributed by atoms with van der Waals surface area (Å²) in [5.74, 6) is 1.18. The molecule has 0 radical (unpaired) electrons. The lowest BCUT2D eigenvalue weighted by Gasteiger charge is -2.35. The molecule has 4 heterocycles. The maximum Gasteiger partial charge on any atom is 0.227 e. The van der Waals surface area contributed by atoms with Crippen LogP contribution in [0.4, 0.5) is 0 Å². The van der Waals surface area contributed by atoms with Gasteiger partial charge in [-0.3, -0.25) is 14.7 Å². The van der Waals surface area contributed by atoms with Crippen LogP contribution in [0.5, 0.6) is 0 Å². The third kappa shape index (κ3) is 4.94. The van der Waals surface area contributed by atoms with E-state index in [2.05, 4.69) is 24.9 Å². The molecule has 4 rings (SSSR count). The molecule has 0 aliphatic carbocycles. The number of likely N-dealkylation sites (tertiary alicyclic amines) is 1. The summed E-state index contributed by atoms with van der Waals surface area (Å²) in [4.78, 5) is 27.9. The molecule has 2 aromatic rings. The average Bonchev–Trinajstić information content (AvgIpc) is 3.44. The van der Waals surface area contributed by atoms with E-state index >= 15 is 0 Å². The van der Waals surface area contributed by atoms with Gasteiger partial charge in [0.05, 0.1) is 0 Å². The number of piperazine rings is 1. The molecule has 2 saturated heterocycles. The van der Waals surface area contributed by atoms with Crippen LogP contribution >= 0.6 is 0 Å². The standard InChI is InChI=1S/C20H28N6O2/c27-19(6-5-18-22-20(23-28-18)17-4-3-7-21-16-17)26-14-12-25(13-15-26)11-10-24-8-1-2-9-24/h3-4,7,16H,1-2,5-6,8-15H2. The number of hydrogen-bond donors (Lipinski definition) is 0. The summed E-state index contributed by atoms with van der Waals surface area (Å²) in [6, 6.07) is 3.72. The van der Waals surface area contributed by atoms with Crippen LogP contribution in [-0.2, 0) is 11.2 Å². The Morgan fingerprint density at radius 3 is 2.50 bits per heavy atom. The van der Waals surface area contributed by atoms with Gasteiger partial charge < -0.3 is 14.3 Å². The normalized spacial score (nSPS) is 18.6. The molecule has 0 spiro atoms. The van der Waals surface area contributed by atoms with Crippen LogP contribution in [0.15, 0.2) is 29.0 Å². The van der Waals surface area contributed by atoms with Gasteiger partial charge in [-0.25, -0.2) is 0 Å². The van der Waals surface area contributed by atoms with E-state index in [1.807, 2.05) is 17.0 Å². The topological polar surface area (TPSA) is 78.6 Å². The highest BCUT2D eigenvalue weighted by molar-refractivity contribution is 5.76. The zero-order valence-corrected chi connectivity index (χ0v) is 16.3. The molecular weight excluding hydrogens is 356 g/mol. The minimum Gasteiger partial charge on any atom is -0.340 e. The van der Waals surface area contributed by atoms with Crippen molar-refractivity contribution >= 4 is 5.91 Å². The second-order valence-electron chi connectivity index (χ2n) is 7.52. The van der Waals surface area contributed by atoms with E-state index in [0.29, 0.717) is 24.6 Å².